The summed E-state index contributed by atoms with van der Waals surface area (Å²) in [5, 5.41) is 0. The summed E-state index contributed by atoms with van der Waals surface area (Å²) >= 11 is 0. The number of hydrogen-bond acceptors (Lipinski definition) is 3. The van der Waals surface area contributed by atoms with Crippen molar-refractivity contribution in [3.05, 3.63) is 24.3 Å². The van der Waals surface area contributed by atoms with Gasteiger partial charge in [-0.15, -0.1) is 0 Å². The van der Waals surface area contributed by atoms with Gasteiger partial charge >= 0.3 is 0 Å². The second kappa shape index (κ2) is 5.87. The molecule has 1 aromatic carbocycles. The molecule has 5 nitrogen and oxygen atoms in total. The van der Waals surface area contributed by atoms with Crippen LogP contribution in [0.15, 0.2) is 24.3 Å². The highest BCUT2D eigenvalue weighted by molar-refractivity contribution is 6.16. The standard InChI is InChI=1S/C18H24N2O3/c1-4-20-14-7-5-6-8-15(14)23-18(3,17(20)22)16(21)19-11-9-13(2)10-12-19/h5-8,13H,4,9-12H2,1-3H3. The molecule has 0 N–H and O–H groups in total. The number of para-hydroxylation sites is 2. The van der Waals surface area contributed by atoms with Gasteiger partial charge in [0.25, 0.3) is 17.4 Å². The number of carbonyl (C=O) groups is 2. The van der Waals surface area contributed by atoms with Gasteiger partial charge in [0.2, 0.25) is 0 Å². The minimum absolute atomic E-state index is 0.220. The number of carbonyl (C=O) groups excluding carboxylic acids is 2. The van der Waals surface area contributed by atoms with E-state index in [1.54, 1.807) is 16.7 Å². The zero-order valence-corrected chi connectivity index (χ0v) is 14.0. The maximum Gasteiger partial charge on any atom is 0.280 e. The van der Waals surface area contributed by atoms with Crippen molar-refractivity contribution in [2.75, 3.05) is 24.5 Å². The second-order valence-corrected chi connectivity index (χ2v) is 6.63. The molecule has 124 valence electrons. The normalized spacial score (nSPS) is 25.1. The van der Waals surface area contributed by atoms with Gasteiger partial charge in [-0.2, -0.15) is 0 Å². The van der Waals surface area contributed by atoms with Gasteiger partial charge in [-0.1, -0.05) is 19.1 Å². The Morgan fingerprint density at radius 1 is 1.30 bits per heavy atom. The van der Waals surface area contributed by atoms with Gasteiger partial charge in [-0.05, 0) is 44.7 Å². The molecule has 3 rings (SSSR count). The molecular weight excluding hydrogens is 292 g/mol. The number of anilines is 1. The lowest BCUT2D eigenvalue weighted by Crippen LogP contribution is -2.63. The molecule has 0 aromatic heterocycles. The summed E-state index contributed by atoms with van der Waals surface area (Å²) in [7, 11) is 0. The Bertz CT molecular complexity index is 622. The van der Waals surface area contributed by atoms with Crippen molar-refractivity contribution in [1.29, 1.82) is 0 Å². The molecule has 2 amide bonds. The average molecular weight is 316 g/mol. The largest absolute Gasteiger partial charge is 0.465 e. The summed E-state index contributed by atoms with van der Waals surface area (Å²) in [5.74, 6) is 0.725. The lowest BCUT2D eigenvalue weighted by molar-refractivity contribution is -0.156. The van der Waals surface area contributed by atoms with Crippen molar-refractivity contribution in [2.45, 2.75) is 39.2 Å². The lowest BCUT2D eigenvalue weighted by Gasteiger charge is -2.42. The van der Waals surface area contributed by atoms with Crippen LogP contribution >= 0.6 is 0 Å². The van der Waals surface area contributed by atoms with Gasteiger partial charge < -0.3 is 14.5 Å². The van der Waals surface area contributed by atoms with E-state index in [1.807, 2.05) is 31.2 Å². The van der Waals surface area contributed by atoms with Crippen LogP contribution in [-0.2, 0) is 9.59 Å². The van der Waals surface area contributed by atoms with E-state index in [1.165, 1.54) is 0 Å². The van der Waals surface area contributed by atoms with Gasteiger partial charge in [0.1, 0.15) is 5.75 Å². The van der Waals surface area contributed by atoms with Gasteiger partial charge in [0.15, 0.2) is 0 Å². The Balaban J connectivity index is 1.92. The van der Waals surface area contributed by atoms with E-state index in [0.717, 1.165) is 18.5 Å². The van der Waals surface area contributed by atoms with E-state index in [-0.39, 0.29) is 11.8 Å². The summed E-state index contributed by atoms with van der Waals surface area (Å²) in [6, 6.07) is 7.39. The van der Waals surface area contributed by atoms with Crippen LogP contribution in [0, 0.1) is 5.92 Å². The first-order chi connectivity index (χ1) is 11.0. The van der Waals surface area contributed by atoms with Crippen LogP contribution in [0.3, 0.4) is 0 Å². The fourth-order valence-corrected chi connectivity index (χ4v) is 3.36. The molecule has 1 aromatic rings. The van der Waals surface area contributed by atoms with E-state index in [2.05, 4.69) is 6.92 Å². The highest BCUT2D eigenvalue weighted by Gasteiger charge is 2.52. The molecule has 0 saturated carbocycles. The quantitative estimate of drug-likeness (QED) is 0.788. The van der Waals surface area contributed by atoms with Crippen molar-refractivity contribution in [2.24, 2.45) is 5.92 Å². The fourth-order valence-electron chi connectivity index (χ4n) is 3.36. The second-order valence-electron chi connectivity index (χ2n) is 6.63. The molecule has 0 spiro atoms. The third-order valence-electron chi connectivity index (χ3n) is 4.92. The number of fused-ring (bicyclic) bond motifs is 1. The first-order valence-corrected chi connectivity index (χ1v) is 8.36. The van der Waals surface area contributed by atoms with E-state index >= 15 is 0 Å². The van der Waals surface area contributed by atoms with Crippen LogP contribution in [0.25, 0.3) is 0 Å². The molecule has 1 fully saturated rings. The number of ether oxygens (including phenoxy) is 1. The molecule has 0 aliphatic carbocycles. The third-order valence-corrected chi connectivity index (χ3v) is 4.92. The number of hydrogen-bond donors (Lipinski definition) is 0. The number of rotatable bonds is 2. The zero-order valence-electron chi connectivity index (χ0n) is 14.0. The number of likely N-dealkylation sites (N-methyl/N-ethyl adjacent to an activating group) is 1. The molecule has 2 aliphatic heterocycles. The number of piperidine rings is 1. The minimum Gasteiger partial charge on any atom is -0.465 e. The Morgan fingerprint density at radius 3 is 2.61 bits per heavy atom. The van der Waals surface area contributed by atoms with Crippen LogP contribution < -0.4 is 9.64 Å². The van der Waals surface area contributed by atoms with Crippen LogP contribution in [0.5, 0.6) is 5.75 Å². The SMILES string of the molecule is CCN1C(=O)C(C)(C(=O)N2CCC(C)CC2)Oc2ccccc21. The van der Waals surface area contributed by atoms with Crippen molar-refractivity contribution in [1.82, 2.24) is 4.90 Å². The molecule has 23 heavy (non-hydrogen) atoms. The van der Waals surface area contributed by atoms with Crippen LogP contribution in [0.2, 0.25) is 0 Å². The molecule has 1 atom stereocenters. The number of nitrogens with zero attached hydrogens (tertiary/aromatic N) is 2. The minimum atomic E-state index is -1.47. The Hall–Kier alpha value is -2.04. The van der Waals surface area contributed by atoms with Gasteiger partial charge in [-0.3, -0.25) is 9.59 Å². The van der Waals surface area contributed by atoms with Crippen molar-refractivity contribution < 1.29 is 14.3 Å². The highest BCUT2D eigenvalue weighted by atomic mass is 16.5. The van der Waals surface area contributed by atoms with Crippen molar-refractivity contribution in [3.63, 3.8) is 0 Å². The Kier molecular flexibility index (Phi) is 4.04. The molecule has 1 saturated heterocycles. The summed E-state index contributed by atoms with van der Waals surface area (Å²) < 4.78 is 5.92. The van der Waals surface area contributed by atoms with Crippen LogP contribution in [0.4, 0.5) is 5.69 Å². The summed E-state index contributed by atoms with van der Waals surface area (Å²) in [6.07, 6.45) is 1.95. The first-order valence-electron chi connectivity index (χ1n) is 8.36. The van der Waals surface area contributed by atoms with Crippen molar-refractivity contribution in [3.8, 4) is 5.75 Å². The van der Waals surface area contributed by atoms with E-state index < -0.39 is 5.60 Å². The number of amides is 2. The average Bonchev–Trinajstić information content (AvgIpc) is 2.56. The Labute approximate surface area is 137 Å². The van der Waals surface area contributed by atoms with E-state index in [4.69, 9.17) is 4.74 Å². The number of benzene rings is 1. The zero-order chi connectivity index (χ0) is 16.6. The summed E-state index contributed by atoms with van der Waals surface area (Å²) in [6.45, 7) is 7.61. The molecule has 1 unspecified atom stereocenters. The maximum absolute atomic E-state index is 13.0. The van der Waals surface area contributed by atoms with Gasteiger partial charge in [0, 0.05) is 19.6 Å². The van der Waals surface area contributed by atoms with Gasteiger partial charge in [0.05, 0.1) is 5.69 Å². The molecule has 0 bridgehead atoms. The predicted octanol–water partition coefficient (Wildman–Crippen LogP) is 2.45. The van der Waals surface area contributed by atoms with Crippen molar-refractivity contribution >= 4 is 17.5 Å². The molecule has 0 radical (unpaired) electrons. The third kappa shape index (κ3) is 2.58. The molecule has 2 aliphatic rings. The monoisotopic (exact) mass is 316 g/mol. The molecule has 2 heterocycles. The topological polar surface area (TPSA) is 49.9 Å². The first kappa shape index (κ1) is 15.8. The van der Waals surface area contributed by atoms with Crippen LogP contribution in [0.1, 0.15) is 33.6 Å². The molecular formula is C18H24N2O3. The smallest absolute Gasteiger partial charge is 0.280 e. The lowest BCUT2D eigenvalue weighted by atomic mass is 9.94. The Morgan fingerprint density at radius 2 is 1.96 bits per heavy atom. The van der Waals surface area contributed by atoms with E-state index in [9.17, 15) is 9.59 Å². The maximum atomic E-state index is 13.0. The van der Waals surface area contributed by atoms with E-state index in [0.29, 0.717) is 31.3 Å². The highest BCUT2D eigenvalue weighted by Crippen LogP contribution is 2.38. The summed E-state index contributed by atoms with van der Waals surface area (Å²) in [4.78, 5) is 29.4. The summed E-state index contributed by atoms with van der Waals surface area (Å²) in [5.41, 5.74) is -0.733. The fraction of sp³-hybridized carbons (Fsp3) is 0.556. The predicted molar refractivity (Wildman–Crippen MR) is 88.5 cm³/mol. The van der Waals surface area contributed by atoms with Crippen LogP contribution in [-0.4, -0.2) is 41.9 Å². The van der Waals surface area contributed by atoms with Gasteiger partial charge in [-0.25, -0.2) is 0 Å². The molecule has 5 heteroatoms. The number of likely N-dealkylation sites (tertiary alicyclic amines) is 1.